The van der Waals surface area contributed by atoms with Crippen LogP contribution in [0.3, 0.4) is 0 Å². The molecule has 1 aromatic carbocycles. The van der Waals surface area contributed by atoms with E-state index in [1.165, 1.54) is 12.3 Å². The van der Waals surface area contributed by atoms with Gasteiger partial charge in [0.05, 0.1) is 5.69 Å². The van der Waals surface area contributed by atoms with Crippen molar-refractivity contribution in [1.29, 1.82) is 0 Å². The van der Waals surface area contributed by atoms with E-state index in [9.17, 15) is 21.6 Å². The van der Waals surface area contributed by atoms with Gasteiger partial charge < -0.3 is 0 Å². The van der Waals surface area contributed by atoms with Crippen LogP contribution in [0.2, 0.25) is 5.15 Å². The molecule has 0 amide bonds. The van der Waals surface area contributed by atoms with Crippen molar-refractivity contribution < 1.29 is 21.6 Å². The molecule has 106 valence electrons. The summed E-state index contributed by atoms with van der Waals surface area (Å²) in [6.45, 7) is 0. The molecule has 4 nitrogen and oxygen atoms in total. The van der Waals surface area contributed by atoms with E-state index in [0.717, 1.165) is 6.07 Å². The van der Waals surface area contributed by atoms with Gasteiger partial charge in [-0.2, -0.15) is 0 Å². The van der Waals surface area contributed by atoms with E-state index >= 15 is 0 Å². The van der Waals surface area contributed by atoms with Crippen molar-refractivity contribution in [3.8, 4) is 0 Å². The Kier molecular flexibility index (Phi) is 3.87. The monoisotopic (exact) mass is 322 g/mol. The Bertz CT molecular complexity index is 745. The van der Waals surface area contributed by atoms with Crippen LogP contribution in [0.5, 0.6) is 0 Å². The number of aromatic nitrogens is 1. The fourth-order valence-corrected chi connectivity index (χ4v) is 2.80. The lowest BCUT2D eigenvalue weighted by Crippen LogP contribution is -2.16. The smallest absolute Gasteiger partial charge is 0.267 e. The number of benzene rings is 1. The fraction of sp³-hybridized carbons (Fsp3) is 0. The zero-order chi connectivity index (χ0) is 14.9. The van der Waals surface area contributed by atoms with Gasteiger partial charge in [0.25, 0.3) is 10.0 Å². The second-order valence-corrected chi connectivity index (χ2v) is 5.68. The van der Waals surface area contributed by atoms with Gasteiger partial charge in [-0.25, -0.2) is 26.6 Å². The third-order valence-electron chi connectivity index (χ3n) is 2.21. The highest BCUT2D eigenvalue weighted by Crippen LogP contribution is 2.23. The molecule has 0 saturated carbocycles. The number of rotatable bonds is 3. The molecule has 1 N–H and O–H groups in total. The second kappa shape index (κ2) is 5.29. The van der Waals surface area contributed by atoms with Gasteiger partial charge in [0.15, 0.2) is 4.90 Å². The molecule has 0 saturated heterocycles. The van der Waals surface area contributed by atoms with Crippen LogP contribution in [0.1, 0.15) is 0 Å². The first-order chi connectivity index (χ1) is 9.29. The summed E-state index contributed by atoms with van der Waals surface area (Å²) in [7, 11) is -4.56. The zero-order valence-electron chi connectivity index (χ0n) is 9.57. The minimum Gasteiger partial charge on any atom is -0.279 e. The van der Waals surface area contributed by atoms with Crippen LogP contribution in [-0.2, 0) is 10.0 Å². The molecule has 1 aromatic heterocycles. The quantitative estimate of drug-likeness (QED) is 0.884. The molecule has 0 radical (unpaired) electrons. The average molecular weight is 323 g/mol. The third-order valence-corrected chi connectivity index (χ3v) is 3.85. The summed E-state index contributed by atoms with van der Waals surface area (Å²) < 4.78 is 65.4. The van der Waals surface area contributed by atoms with Crippen molar-refractivity contribution in [3.63, 3.8) is 0 Å². The van der Waals surface area contributed by atoms with Crippen molar-refractivity contribution in [3.05, 3.63) is 53.1 Å². The number of halogens is 4. The van der Waals surface area contributed by atoms with Gasteiger partial charge in [0.1, 0.15) is 22.6 Å². The lowest BCUT2D eigenvalue weighted by molar-refractivity contribution is 0.498. The maximum absolute atomic E-state index is 13.5. The van der Waals surface area contributed by atoms with E-state index in [1.807, 2.05) is 4.72 Å². The molecule has 0 bridgehead atoms. The first-order valence-corrected chi connectivity index (χ1v) is 6.94. The first-order valence-electron chi connectivity index (χ1n) is 5.08. The molecule has 0 aliphatic carbocycles. The van der Waals surface area contributed by atoms with Crippen molar-refractivity contribution in [2.75, 3.05) is 4.72 Å². The predicted octanol–water partition coefficient (Wildman–Crippen LogP) is 2.95. The van der Waals surface area contributed by atoms with E-state index in [0.29, 0.717) is 0 Å². The van der Waals surface area contributed by atoms with Gasteiger partial charge in [0.2, 0.25) is 0 Å². The largest absolute Gasteiger partial charge is 0.279 e. The highest BCUT2D eigenvalue weighted by atomic mass is 35.5. The molecular formula is C11H6ClF3N2O2S. The van der Waals surface area contributed by atoms with E-state index < -0.39 is 32.4 Å². The minimum atomic E-state index is -4.56. The summed E-state index contributed by atoms with van der Waals surface area (Å²) in [5.74, 6) is -4.28. The van der Waals surface area contributed by atoms with E-state index in [4.69, 9.17) is 11.6 Å². The molecular weight excluding hydrogens is 317 g/mol. The Morgan fingerprint density at radius 2 is 1.70 bits per heavy atom. The molecule has 0 aliphatic rings. The van der Waals surface area contributed by atoms with Crippen LogP contribution in [-0.4, -0.2) is 13.4 Å². The summed E-state index contributed by atoms with van der Waals surface area (Å²) in [5, 5.41) is -0.00903. The minimum absolute atomic E-state index is 0.00903. The molecule has 1 heterocycles. The molecule has 0 unspecified atom stereocenters. The van der Waals surface area contributed by atoms with Gasteiger partial charge in [-0.1, -0.05) is 11.6 Å². The standard InChI is InChI=1S/C11H6ClF3N2O2S/c12-10-5-7(1-2-16-10)17-20(18,19)11-8(14)3-6(13)4-9(11)15/h1-5H,(H,16,17). The second-order valence-electron chi connectivity index (χ2n) is 3.67. The average Bonchev–Trinajstić information content (AvgIpc) is 2.25. The van der Waals surface area contributed by atoms with Crippen LogP contribution in [0.4, 0.5) is 18.9 Å². The lowest BCUT2D eigenvalue weighted by Gasteiger charge is -2.09. The lowest BCUT2D eigenvalue weighted by atomic mass is 10.3. The van der Waals surface area contributed by atoms with Gasteiger partial charge in [-0.15, -0.1) is 0 Å². The molecule has 0 aliphatic heterocycles. The number of sulfonamides is 1. The summed E-state index contributed by atoms with van der Waals surface area (Å²) in [5.41, 5.74) is -0.0341. The predicted molar refractivity (Wildman–Crippen MR) is 66.4 cm³/mol. The number of anilines is 1. The van der Waals surface area contributed by atoms with E-state index in [-0.39, 0.29) is 23.0 Å². The van der Waals surface area contributed by atoms with Crippen LogP contribution in [0.25, 0.3) is 0 Å². The Morgan fingerprint density at radius 1 is 1.10 bits per heavy atom. The summed E-state index contributed by atoms with van der Waals surface area (Å²) >= 11 is 5.56. The number of hydrogen-bond donors (Lipinski definition) is 1. The maximum atomic E-state index is 13.5. The number of nitrogens with one attached hydrogen (secondary N) is 1. The third kappa shape index (κ3) is 3.02. The molecule has 0 spiro atoms. The maximum Gasteiger partial charge on any atom is 0.267 e. The fourth-order valence-electron chi connectivity index (χ4n) is 1.46. The van der Waals surface area contributed by atoms with Crippen molar-refractivity contribution >= 4 is 27.3 Å². The molecule has 2 aromatic rings. The Morgan fingerprint density at radius 3 is 2.25 bits per heavy atom. The normalized spacial score (nSPS) is 11.4. The summed E-state index contributed by atoms with van der Waals surface area (Å²) in [4.78, 5) is 2.35. The molecule has 0 fully saturated rings. The zero-order valence-corrected chi connectivity index (χ0v) is 11.1. The van der Waals surface area contributed by atoms with Gasteiger partial charge in [0, 0.05) is 18.3 Å². The topological polar surface area (TPSA) is 59.1 Å². The van der Waals surface area contributed by atoms with Crippen LogP contribution < -0.4 is 4.72 Å². The van der Waals surface area contributed by atoms with Crippen LogP contribution in [0.15, 0.2) is 35.4 Å². The van der Waals surface area contributed by atoms with E-state index in [2.05, 4.69) is 4.98 Å². The van der Waals surface area contributed by atoms with Gasteiger partial charge >= 0.3 is 0 Å². The number of hydrogen-bond acceptors (Lipinski definition) is 3. The van der Waals surface area contributed by atoms with Gasteiger partial charge in [-0.05, 0) is 12.1 Å². The molecule has 20 heavy (non-hydrogen) atoms. The number of pyridine rings is 1. The van der Waals surface area contributed by atoms with Gasteiger partial charge in [-0.3, -0.25) is 4.72 Å². The first kappa shape index (κ1) is 14.6. The molecule has 2 rings (SSSR count). The van der Waals surface area contributed by atoms with Crippen LogP contribution in [0, 0.1) is 17.5 Å². The number of nitrogens with zero attached hydrogens (tertiary/aromatic N) is 1. The Hall–Kier alpha value is -1.80. The van der Waals surface area contributed by atoms with Crippen LogP contribution >= 0.6 is 11.6 Å². The van der Waals surface area contributed by atoms with Crippen molar-refractivity contribution in [1.82, 2.24) is 4.98 Å². The van der Waals surface area contributed by atoms with Crippen molar-refractivity contribution in [2.24, 2.45) is 0 Å². The SMILES string of the molecule is O=S(=O)(Nc1ccnc(Cl)c1)c1c(F)cc(F)cc1F. The summed E-state index contributed by atoms with van der Waals surface area (Å²) in [6.07, 6.45) is 1.21. The Labute approximate surface area is 117 Å². The van der Waals surface area contributed by atoms with E-state index in [1.54, 1.807) is 0 Å². The highest BCUT2D eigenvalue weighted by Gasteiger charge is 2.25. The highest BCUT2D eigenvalue weighted by molar-refractivity contribution is 7.92. The molecule has 0 atom stereocenters. The Balaban J connectivity index is 2.46. The summed E-state index contributed by atoms with van der Waals surface area (Å²) in [6, 6.07) is 2.94. The molecule has 9 heteroatoms. The van der Waals surface area contributed by atoms with Crippen molar-refractivity contribution in [2.45, 2.75) is 4.90 Å².